The fraction of sp³-hybridized carbons (Fsp3) is 0.467. The maximum atomic E-state index is 15.9. The van der Waals surface area contributed by atoms with Gasteiger partial charge in [0.1, 0.15) is 35.8 Å². The molecule has 0 fully saturated rings. The Kier molecular flexibility index (Phi) is 8.21. The van der Waals surface area contributed by atoms with Gasteiger partial charge in [-0.25, -0.2) is 18.0 Å². The molecule has 1 amide bonds. The molecule has 3 atom stereocenters. The highest BCUT2D eigenvalue weighted by molar-refractivity contribution is 5.65. The van der Waals surface area contributed by atoms with E-state index >= 15 is 13.2 Å². The van der Waals surface area contributed by atoms with E-state index in [1.54, 1.807) is 12.4 Å². The van der Waals surface area contributed by atoms with Crippen molar-refractivity contribution in [1.82, 2.24) is 15.1 Å². The van der Waals surface area contributed by atoms with Gasteiger partial charge in [0.2, 0.25) is 0 Å². The van der Waals surface area contributed by atoms with Gasteiger partial charge >= 0.3 is 6.09 Å². The molecule has 3 aromatic rings. The first-order chi connectivity index (χ1) is 18.6. The molecule has 0 saturated carbocycles. The van der Waals surface area contributed by atoms with Crippen LogP contribution in [0.3, 0.4) is 0 Å². The third-order valence-electron chi connectivity index (χ3n) is 7.19. The number of primary amides is 1. The number of aromatic amines is 1. The SMILES string of the molecule is C[C@@H]1Cc2cc(-c3cn[nH]c3)ccc2[C@@H](c2c(F)cc(OC(COC(N)=O)C(C)(C)C)cc2F)N1CC(C)(C)F. The summed E-state index contributed by atoms with van der Waals surface area (Å²) in [7, 11) is 0. The van der Waals surface area contributed by atoms with Crippen LogP contribution in [-0.2, 0) is 11.2 Å². The molecule has 0 saturated heterocycles. The molecular formula is C30H37F3N4O3. The average molecular weight is 559 g/mol. The molecule has 1 aliphatic rings. The van der Waals surface area contributed by atoms with E-state index in [1.165, 1.54) is 13.8 Å². The largest absolute Gasteiger partial charge is 0.486 e. The summed E-state index contributed by atoms with van der Waals surface area (Å²) in [6.07, 6.45) is 2.39. The van der Waals surface area contributed by atoms with Crippen molar-refractivity contribution in [3.8, 4) is 16.9 Å². The maximum Gasteiger partial charge on any atom is 0.404 e. The van der Waals surface area contributed by atoms with Crippen molar-refractivity contribution in [2.24, 2.45) is 11.1 Å². The lowest BCUT2D eigenvalue weighted by Gasteiger charge is -2.44. The van der Waals surface area contributed by atoms with Crippen LogP contribution in [-0.4, -0.2) is 52.2 Å². The third kappa shape index (κ3) is 6.60. The molecule has 216 valence electrons. The molecule has 3 N–H and O–H groups in total. The van der Waals surface area contributed by atoms with E-state index in [4.69, 9.17) is 15.2 Å². The van der Waals surface area contributed by atoms with Crippen molar-refractivity contribution >= 4 is 6.09 Å². The number of nitrogens with two attached hydrogens (primary N) is 1. The predicted molar refractivity (Wildman–Crippen MR) is 147 cm³/mol. The number of carbonyl (C=O) groups is 1. The Morgan fingerprint density at radius 3 is 2.38 bits per heavy atom. The van der Waals surface area contributed by atoms with Crippen molar-refractivity contribution in [3.63, 3.8) is 0 Å². The molecule has 40 heavy (non-hydrogen) atoms. The summed E-state index contributed by atoms with van der Waals surface area (Å²) >= 11 is 0. The van der Waals surface area contributed by atoms with Crippen molar-refractivity contribution < 1.29 is 27.4 Å². The lowest BCUT2D eigenvalue weighted by molar-refractivity contribution is 0.0234. The van der Waals surface area contributed by atoms with Gasteiger partial charge < -0.3 is 15.2 Å². The minimum Gasteiger partial charge on any atom is -0.486 e. The van der Waals surface area contributed by atoms with Crippen molar-refractivity contribution in [2.45, 2.75) is 71.8 Å². The average Bonchev–Trinajstić information content (AvgIpc) is 3.36. The Bertz CT molecular complexity index is 1330. The Hall–Kier alpha value is -3.53. The van der Waals surface area contributed by atoms with Crippen LogP contribution in [0.4, 0.5) is 18.0 Å². The van der Waals surface area contributed by atoms with Crippen LogP contribution in [0, 0.1) is 17.0 Å². The molecule has 0 aliphatic carbocycles. The fourth-order valence-electron chi connectivity index (χ4n) is 5.18. The minimum atomic E-state index is -1.60. The number of nitrogens with one attached hydrogen (secondary N) is 1. The van der Waals surface area contributed by atoms with Gasteiger partial charge in [-0.1, -0.05) is 39.0 Å². The summed E-state index contributed by atoms with van der Waals surface area (Å²) < 4.78 is 57.7. The van der Waals surface area contributed by atoms with Crippen LogP contribution in [0.5, 0.6) is 5.75 Å². The molecule has 7 nitrogen and oxygen atoms in total. The summed E-state index contributed by atoms with van der Waals surface area (Å²) in [5.41, 5.74) is 6.25. The topological polar surface area (TPSA) is 93.5 Å². The number of H-pyrrole nitrogens is 1. The van der Waals surface area contributed by atoms with Crippen molar-refractivity contribution in [1.29, 1.82) is 0 Å². The lowest BCUT2D eigenvalue weighted by atomic mass is 9.82. The summed E-state index contributed by atoms with van der Waals surface area (Å²) in [6, 6.07) is 6.92. The number of aromatic nitrogens is 2. The molecule has 2 heterocycles. The lowest BCUT2D eigenvalue weighted by Crippen LogP contribution is -2.48. The number of amides is 1. The van der Waals surface area contributed by atoms with E-state index in [0.29, 0.717) is 12.0 Å². The van der Waals surface area contributed by atoms with Crippen LogP contribution in [0.15, 0.2) is 42.7 Å². The zero-order valence-corrected chi connectivity index (χ0v) is 23.7. The highest BCUT2D eigenvalue weighted by atomic mass is 19.1. The van der Waals surface area contributed by atoms with Gasteiger partial charge in [0, 0.05) is 47.5 Å². The van der Waals surface area contributed by atoms with Gasteiger partial charge in [-0.15, -0.1) is 0 Å². The first-order valence-corrected chi connectivity index (χ1v) is 13.3. The number of fused-ring (bicyclic) bond motifs is 1. The number of ether oxygens (including phenoxy) is 2. The molecular weight excluding hydrogens is 521 g/mol. The smallest absolute Gasteiger partial charge is 0.404 e. The number of benzene rings is 2. The van der Waals surface area contributed by atoms with Gasteiger partial charge in [0.05, 0.1) is 12.2 Å². The summed E-state index contributed by atoms with van der Waals surface area (Å²) in [5, 5.41) is 6.81. The molecule has 0 bridgehead atoms. The quantitative estimate of drug-likeness (QED) is 0.337. The monoisotopic (exact) mass is 558 g/mol. The van der Waals surface area contributed by atoms with E-state index in [2.05, 4.69) is 10.2 Å². The van der Waals surface area contributed by atoms with Crippen molar-refractivity contribution in [3.05, 3.63) is 71.1 Å². The number of hydrogen-bond acceptors (Lipinski definition) is 5. The Morgan fingerprint density at radius 2 is 1.82 bits per heavy atom. The standard InChI is InChI=1S/C30H37F3N4O3/c1-17-9-19-10-18(20-13-35-36-14-20)7-8-22(19)27(37(17)16-30(5,6)33)26-23(31)11-21(12-24(26)32)40-25(29(2,3)4)15-39-28(34)38/h7-8,10-14,17,25,27H,9,15-16H2,1-6H3,(H2,34,38)(H,35,36)/t17-,25?,27+/m1/s1. The number of nitrogens with zero attached hydrogens (tertiary/aromatic N) is 2. The first-order valence-electron chi connectivity index (χ1n) is 13.3. The first kappa shape index (κ1) is 29.5. The second-order valence-corrected chi connectivity index (χ2v) is 12.2. The van der Waals surface area contributed by atoms with E-state index < -0.39 is 41.0 Å². The molecule has 0 radical (unpaired) electrons. The number of alkyl halides is 1. The highest BCUT2D eigenvalue weighted by Gasteiger charge is 2.39. The van der Waals surface area contributed by atoms with E-state index in [9.17, 15) is 4.79 Å². The number of carbonyl (C=O) groups excluding carboxylic acids is 1. The van der Waals surface area contributed by atoms with E-state index in [-0.39, 0.29) is 30.5 Å². The molecule has 1 aromatic heterocycles. The fourth-order valence-corrected chi connectivity index (χ4v) is 5.18. The molecule has 10 heteroatoms. The molecule has 1 unspecified atom stereocenters. The van der Waals surface area contributed by atoms with Crippen LogP contribution in [0.2, 0.25) is 0 Å². The normalized spacial score (nSPS) is 18.7. The van der Waals surface area contributed by atoms with Crippen LogP contribution < -0.4 is 10.5 Å². The molecule has 0 spiro atoms. The summed E-state index contributed by atoms with van der Waals surface area (Å²) in [4.78, 5) is 13.0. The maximum absolute atomic E-state index is 15.9. The summed E-state index contributed by atoms with van der Waals surface area (Å²) in [6.45, 7) is 10.2. The Labute approximate surface area is 232 Å². The van der Waals surface area contributed by atoms with Crippen LogP contribution >= 0.6 is 0 Å². The van der Waals surface area contributed by atoms with E-state index in [1.807, 2.05) is 50.8 Å². The minimum absolute atomic E-state index is 0.0184. The third-order valence-corrected chi connectivity index (χ3v) is 7.19. The van der Waals surface area contributed by atoms with Gasteiger partial charge in [0.15, 0.2) is 0 Å². The molecule has 1 aliphatic heterocycles. The molecule has 4 rings (SSSR count). The zero-order chi connectivity index (χ0) is 29.4. The predicted octanol–water partition coefficient (Wildman–Crippen LogP) is 6.33. The number of halogens is 3. The highest BCUT2D eigenvalue weighted by Crippen LogP contribution is 2.43. The van der Waals surface area contributed by atoms with Crippen LogP contribution in [0.25, 0.3) is 11.1 Å². The second-order valence-electron chi connectivity index (χ2n) is 12.2. The second kappa shape index (κ2) is 11.2. The summed E-state index contributed by atoms with van der Waals surface area (Å²) in [5.74, 6) is -1.68. The van der Waals surface area contributed by atoms with Gasteiger partial charge in [-0.2, -0.15) is 5.10 Å². The molecule has 2 aromatic carbocycles. The van der Waals surface area contributed by atoms with Gasteiger partial charge in [-0.05, 0) is 43.9 Å². The zero-order valence-electron chi connectivity index (χ0n) is 23.7. The van der Waals surface area contributed by atoms with Gasteiger partial charge in [0.25, 0.3) is 0 Å². The van der Waals surface area contributed by atoms with Crippen LogP contribution in [0.1, 0.15) is 64.3 Å². The number of rotatable bonds is 8. The Morgan fingerprint density at radius 1 is 1.15 bits per heavy atom. The van der Waals surface area contributed by atoms with Crippen molar-refractivity contribution in [2.75, 3.05) is 13.2 Å². The van der Waals surface area contributed by atoms with Gasteiger partial charge in [-0.3, -0.25) is 10.00 Å². The number of hydrogen-bond donors (Lipinski definition) is 2. The van der Waals surface area contributed by atoms with E-state index in [0.717, 1.165) is 28.8 Å². The Balaban J connectivity index is 1.77.